The van der Waals surface area contributed by atoms with Gasteiger partial charge in [-0.05, 0) is 43.6 Å². The number of nitrogens with zero attached hydrogens (tertiary/aromatic N) is 5. The molecule has 1 aromatic carbocycles. The Labute approximate surface area is 212 Å². The third kappa shape index (κ3) is 6.23. The second kappa shape index (κ2) is 11.5. The molecule has 0 unspecified atom stereocenters. The quantitative estimate of drug-likeness (QED) is 0.601. The first-order chi connectivity index (χ1) is 17.2. The van der Waals surface area contributed by atoms with E-state index in [1.54, 1.807) is 17.3 Å². The number of anilines is 1. The van der Waals surface area contributed by atoms with E-state index in [0.717, 1.165) is 38.2 Å². The normalized spacial score (nSPS) is 20.1. The summed E-state index contributed by atoms with van der Waals surface area (Å²) < 4.78 is 11.6. The van der Waals surface area contributed by atoms with Gasteiger partial charge in [0.15, 0.2) is 0 Å². The minimum absolute atomic E-state index is 0.0363. The van der Waals surface area contributed by atoms with Gasteiger partial charge in [0.1, 0.15) is 11.9 Å². The van der Waals surface area contributed by atoms with Crippen molar-refractivity contribution in [3.05, 3.63) is 46.7 Å². The molecule has 9 heteroatoms. The molecule has 3 aliphatic rings. The zero-order valence-corrected chi connectivity index (χ0v) is 21.0. The van der Waals surface area contributed by atoms with Gasteiger partial charge in [0.05, 0.1) is 23.8 Å². The standard InChI is InChI=1S/C26H34ClN5O3/c27-23-16-20(19-30-8-2-1-3-9-30)4-5-24(23)35-22-6-10-32(11-7-22)26-28-17-21(18-29-26)25(33)31-12-14-34-15-13-31/h4-5,16-18,22H,1-3,6-15,19H2. The topological polar surface area (TPSA) is 71.0 Å². The summed E-state index contributed by atoms with van der Waals surface area (Å²) in [6.45, 7) is 7.27. The molecule has 0 atom stereocenters. The van der Waals surface area contributed by atoms with E-state index in [1.165, 1.54) is 37.9 Å². The molecule has 1 aromatic heterocycles. The maximum atomic E-state index is 12.6. The number of likely N-dealkylation sites (tertiary alicyclic amines) is 1. The summed E-state index contributed by atoms with van der Waals surface area (Å²) in [5, 5.41) is 0.686. The second-order valence-corrected chi connectivity index (χ2v) is 9.99. The Hall–Kier alpha value is -2.42. The average Bonchev–Trinajstić information content (AvgIpc) is 2.91. The first-order valence-electron chi connectivity index (χ1n) is 12.8. The number of carbonyl (C=O) groups excluding carboxylic acids is 1. The molecule has 188 valence electrons. The Balaban J connectivity index is 1.11. The average molecular weight is 500 g/mol. The lowest BCUT2D eigenvalue weighted by atomic mass is 10.1. The van der Waals surface area contributed by atoms with Crippen LogP contribution < -0.4 is 9.64 Å². The number of hydrogen-bond acceptors (Lipinski definition) is 7. The van der Waals surface area contributed by atoms with Gasteiger partial charge in [-0.15, -0.1) is 0 Å². The smallest absolute Gasteiger partial charge is 0.257 e. The molecular weight excluding hydrogens is 466 g/mol. The highest BCUT2D eigenvalue weighted by Gasteiger charge is 2.24. The Morgan fingerprint density at radius 2 is 1.71 bits per heavy atom. The number of benzene rings is 1. The van der Waals surface area contributed by atoms with Crippen LogP contribution in [0.3, 0.4) is 0 Å². The van der Waals surface area contributed by atoms with Crippen LogP contribution in [-0.4, -0.2) is 84.3 Å². The number of amides is 1. The lowest BCUT2D eigenvalue weighted by molar-refractivity contribution is 0.0302. The van der Waals surface area contributed by atoms with E-state index < -0.39 is 0 Å². The maximum Gasteiger partial charge on any atom is 0.257 e. The van der Waals surface area contributed by atoms with Crippen LogP contribution in [0.1, 0.15) is 48.0 Å². The minimum Gasteiger partial charge on any atom is -0.489 e. The third-order valence-electron chi connectivity index (χ3n) is 7.05. The number of ether oxygens (including phenoxy) is 2. The van der Waals surface area contributed by atoms with E-state index in [0.29, 0.717) is 42.8 Å². The minimum atomic E-state index is -0.0363. The molecule has 8 nitrogen and oxygen atoms in total. The van der Waals surface area contributed by atoms with Crippen LogP contribution in [-0.2, 0) is 11.3 Å². The van der Waals surface area contributed by atoms with Crippen LogP contribution in [0.5, 0.6) is 5.75 Å². The number of halogens is 1. The van der Waals surface area contributed by atoms with E-state index in [4.69, 9.17) is 21.1 Å². The maximum absolute atomic E-state index is 12.6. The van der Waals surface area contributed by atoms with E-state index in [1.807, 2.05) is 12.1 Å². The largest absolute Gasteiger partial charge is 0.489 e. The van der Waals surface area contributed by atoms with Gasteiger partial charge in [-0.2, -0.15) is 0 Å². The number of rotatable bonds is 6. The summed E-state index contributed by atoms with van der Waals surface area (Å²) >= 11 is 6.58. The summed E-state index contributed by atoms with van der Waals surface area (Å²) in [5.74, 6) is 1.38. The number of morpholine rings is 1. The number of aromatic nitrogens is 2. The van der Waals surface area contributed by atoms with Gasteiger partial charge >= 0.3 is 0 Å². The molecule has 35 heavy (non-hydrogen) atoms. The Morgan fingerprint density at radius 3 is 2.40 bits per heavy atom. The zero-order chi connectivity index (χ0) is 24.0. The third-order valence-corrected chi connectivity index (χ3v) is 7.35. The predicted octanol–water partition coefficient (Wildman–Crippen LogP) is 3.64. The van der Waals surface area contributed by atoms with Crippen molar-refractivity contribution in [3.8, 4) is 5.75 Å². The van der Waals surface area contributed by atoms with Gasteiger partial charge in [-0.3, -0.25) is 9.69 Å². The van der Waals surface area contributed by atoms with Gasteiger partial charge in [0.2, 0.25) is 5.95 Å². The second-order valence-electron chi connectivity index (χ2n) is 9.58. The van der Waals surface area contributed by atoms with E-state index in [-0.39, 0.29) is 12.0 Å². The van der Waals surface area contributed by atoms with Gasteiger partial charge in [-0.25, -0.2) is 9.97 Å². The molecule has 3 saturated heterocycles. The molecule has 1 amide bonds. The molecule has 0 saturated carbocycles. The molecule has 3 fully saturated rings. The van der Waals surface area contributed by atoms with E-state index >= 15 is 0 Å². The van der Waals surface area contributed by atoms with E-state index in [9.17, 15) is 4.79 Å². The van der Waals surface area contributed by atoms with Gasteiger partial charge in [0.25, 0.3) is 5.91 Å². The van der Waals surface area contributed by atoms with E-state index in [2.05, 4.69) is 25.8 Å². The summed E-state index contributed by atoms with van der Waals surface area (Å²) in [6, 6.07) is 6.20. The summed E-state index contributed by atoms with van der Waals surface area (Å²) in [4.78, 5) is 28.0. The molecule has 3 aliphatic heterocycles. The van der Waals surface area contributed by atoms with Crippen molar-refractivity contribution in [1.29, 1.82) is 0 Å². The fourth-order valence-electron chi connectivity index (χ4n) is 5.01. The first kappa shape index (κ1) is 24.3. The molecule has 0 bridgehead atoms. The highest BCUT2D eigenvalue weighted by molar-refractivity contribution is 6.32. The molecule has 4 heterocycles. The van der Waals surface area contributed by atoms with Crippen LogP contribution in [0.15, 0.2) is 30.6 Å². The van der Waals surface area contributed by atoms with Crippen LogP contribution in [0.25, 0.3) is 0 Å². The number of hydrogen-bond donors (Lipinski definition) is 0. The SMILES string of the molecule is O=C(c1cnc(N2CCC(Oc3ccc(CN4CCCCC4)cc3Cl)CC2)nc1)N1CCOCC1. The van der Waals surface area contributed by atoms with Crippen LogP contribution >= 0.6 is 11.6 Å². The molecule has 0 aliphatic carbocycles. The monoisotopic (exact) mass is 499 g/mol. The fraction of sp³-hybridized carbons (Fsp3) is 0.577. The van der Waals surface area contributed by atoms with Gasteiger partial charge in [0, 0.05) is 58.0 Å². The highest BCUT2D eigenvalue weighted by Crippen LogP contribution is 2.29. The first-order valence-corrected chi connectivity index (χ1v) is 13.1. The van der Waals surface area contributed by atoms with Crippen molar-refractivity contribution in [2.75, 3.05) is 57.4 Å². The Kier molecular flexibility index (Phi) is 8.01. The lowest BCUT2D eigenvalue weighted by Crippen LogP contribution is -2.41. The predicted molar refractivity (Wildman–Crippen MR) is 135 cm³/mol. The summed E-state index contributed by atoms with van der Waals surface area (Å²) in [6.07, 6.45) is 9.02. The molecule has 0 radical (unpaired) electrons. The summed E-state index contributed by atoms with van der Waals surface area (Å²) in [5.41, 5.74) is 1.76. The van der Waals surface area contributed by atoms with Crippen molar-refractivity contribution in [1.82, 2.24) is 19.8 Å². The van der Waals surface area contributed by atoms with Crippen molar-refractivity contribution < 1.29 is 14.3 Å². The molecule has 5 rings (SSSR count). The summed E-state index contributed by atoms with van der Waals surface area (Å²) in [7, 11) is 0. The van der Waals surface area contributed by atoms with Crippen LogP contribution in [0.2, 0.25) is 5.02 Å². The Morgan fingerprint density at radius 1 is 1.00 bits per heavy atom. The van der Waals surface area contributed by atoms with Crippen molar-refractivity contribution in [2.24, 2.45) is 0 Å². The number of carbonyl (C=O) groups is 1. The number of piperidine rings is 2. The van der Waals surface area contributed by atoms with Crippen LogP contribution in [0, 0.1) is 0 Å². The van der Waals surface area contributed by atoms with Crippen LogP contribution in [0.4, 0.5) is 5.95 Å². The Bertz CT molecular complexity index is 985. The van der Waals surface area contributed by atoms with Crippen molar-refractivity contribution >= 4 is 23.5 Å². The lowest BCUT2D eigenvalue weighted by Gasteiger charge is -2.32. The van der Waals surface area contributed by atoms with Gasteiger partial charge in [-0.1, -0.05) is 24.1 Å². The molecule has 0 spiro atoms. The fourth-order valence-corrected chi connectivity index (χ4v) is 5.26. The highest BCUT2D eigenvalue weighted by atomic mass is 35.5. The molecular formula is C26H34ClN5O3. The van der Waals surface area contributed by atoms with Crippen molar-refractivity contribution in [3.63, 3.8) is 0 Å². The van der Waals surface area contributed by atoms with Crippen molar-refractivity contribution in [2.45, 2.75) is 44.8 Å². The zero-order valence-electron chi connectivity index (χ0n) is 20.2. The van der Waals surface area contributed by atoms with Gasteiger partial charge < -0.3 is 19.3 Å². The molecule has 2 aromatic rings. The molecule has 0 N–H and O–H groups in total.